The molecule has 7 heteroatoms. The molecule has 1 saturated heterocycles. The number of benzene rings is 1. The van der Waals surface area contributed by atoms with Gasteiger partial charge in [-0.1, -0.05) is 19.9 Å². The van der Waals surface area contributed by atoms with E-state index in [4.69, 9.17) is 9.47 Å². The summed E-state index contributed by atoms with van der Waals surface area (Å²) in [6.45, 7) is 6.13. The fraction of sp³-hybridized carbons (Fsp3) is 0.520. The highest BCUT2D eigenvalue weighted by Gasteiger charge is 2.29. The van der Waals surface area contributed by atoms with Gasteiger partial charge in [0, 0.05) is 48.1 Å². The first-order chi connectivity index (χ1) is 15.4. The van der Waals surface area contributed by atoms with Gasteiger partial charge in [0.1, 0.15) is 12.3 Å². The fourth-order valence-electron chi connectivity index (χ4n) is 4.79. The minimum absolute atomic E-state index is 0.0494. The largest absolute Gasteiger partial charge is 0.381 e. The number of nitrogens with zero attached hydrogens (tertiary/aromatic N) is 2. The highest BCUT2D eigenvalue weighted by Crippen LogP contribution is 2.38. The molecule has 3 aromatic rings. The third-order valence-electron chi connectivity index (χ3n) is 6.89. The second kappa shape index (κ2) is 8.37. The van der Waals surface area contributed by atoms with E-state index in [2.05, 4.69) is 41.2 Å². The molecule has 2 N–H and O–H groups in total. The lowest BCUT2D eigenvalue weighted by Crippen LogP contribution is -2.33. The van der Waals surface area contributed by atoms with E-state index in [0.717, 1.165) is 53.7 Å². The highest BCUT2D eigenvalue weighted by atomic mass is 16.5. The van der Waals surface area contributed by atoms with Gasteiger partial charge in [0.25, 0.3) is 5.91 Å². The van der Waals surface area contributed by atoms with Crippen molar-refractivity contribution in [2.24, 2.45) is 5.41 Å². The molecular weight excluding hydrogens is 404 g/mol. The maximum Gasteiger partial charge on any atom is 0.252 e. The quantitative estimate of drug-likeness (QED) is 0.627. The number of fused-ring (bicyclic) bond motifs is 2. The molecular formula is C25H32N4O3. The van der Waals surface area contributed by atoms with Gasteiger partial charge in [0.05, 0.1) is 11.8 Å². The van der Waals surface area contributed by atoms with E-state index in [0.29, 0.717) is 18.6 Å². The summed E-state index contributed by atoms with van der Waals surface area (Å²) in [4.78, 5) is 17.9. The van der Waals surface area contributed by atoms with E-state index in [1.807, 2.05) is 12.1 Å². The average molecular weight is 437 g/mol. The van der Waals surface area contributed by atoms with Gasteiger partial charge < -0.3 is 19.4 Å². The number of rotatable bonds is 5. The summed E-state index contributed by atoms with van der Waals surface area (Å²) in [5.74, 6) is -0.0494. The van der Waals surface area contributed by atoms with Gasteiger partial charge in [-0.2, -0.15) is 5.10 Å². The third-order valence-corrected chi connectivity index (χ3v) is 6.89. The van der Waals surface area contributed by atoms with Crippen molar-refractivity contribution in [2.75, 3.05) is 31.8 Å². The molecule has 1 fully saturated rings. The first kappa shape index (κ1) is 21.2. The predicted molar refractivity (Wildman–Crippen MR) is 125 cm³/mol. The summed E-state index contributed by atoms with van der Waals surface area (Å²) < 4.78 is 11.2. The maximum atomic E-state index is 12.7. The summed E-state index contributed by atoms with van der Waals surface area (Å²) in [6, 6.07) is 8.20. The zero-order chi connectivity index (χ0) is 22.3. The Kier molecular flexibility index (Phi) is 5.55. The number of ether oxygens (including phenoxy) is 2. The minimum Gasteiger partial charge on any atom is -0.381 e. The van der Waals surface area contributed by atoms with Crippen molar-refractivity contribution < 1.29 is 14.3 Å². The van der Waals surface area contributed by atoms with Crippen LogP contribution in [0.1, 0.15) is 44.4 Å². The van der Waals surface area contributed by atoms with Crippen LogP contribution in [-0.4, -0.2) is 54.1 Å². The fourth-order valence-corrected chi connectivity index (χ4v) is 4.79. The molecule has 1 aliphatic heterocycles. The van der Waals surface area contributed by atoms with Crippen molar-refractivity contribution in [3.63, 3.8) is 0 Å². The van der Waals surface area contributed by atoms with Crippen LogP contribution in [0.15, 0.2) is 24.3 Å². The second-order valence-electron chi connectivity index (χ2n) is 9.90. The molecule has 0 spiro atoms. The first-order valence-corrected chi connectivity index (χ1v) is 11.5. The number of likely N-dealkylation sites (N-methyl/N-ethyl adjacent to an activating group) is 1. The van der Waals surface area contributed by atoms with Crippen LogP contribution >= 0.6 is 0 Å². The molecule has 1 aliphatic carbocycles. The van der Waals surface area contributed by atoms with Crippen molar-refractivity contribution in [1.82, 2.24) is 15.2 Å². The molecule has 5 rings (SSSR count). The van der Waals surface area contributed by atoms with Gasteiger partial charge in [0.2, 0.25) is 0 Å². The lowest BCUT2D eigenvalue weighted by atomic mass is 9.76. The summed E-state index contributed by atoms with van der Waals surface area (Å²) in [5, 5.41) is 9.01. The topological polar surface area (TPSA) is 83.2 Å². The Labute approximate surface area is 188 Å². The van der Waals surface area contributed by atoms with Crippen LogP contribution in [0.25, 0.3) is 22.3 Å². The average Bonchev–Trinajstić information content (AvgIpc) is 3.39. The molecule has 0 atom stereocenters. The number of carbonyl (C=O) groups is 1. The molecule has 2 aromatic heterocycles. The number of H-pyrrole nitrogens is 2. The summed E-state index contributed by atoms with van der Waals surface area (Å²) in [7, 11) is 1.80. The Morgan fingerprint density at radius 3 is 2.91 bits per heavy atom. The molecule has 32 heavy (non-hydrogen) atoms. The summed E-state index contributed by atoms with van der Waals surface area (Å²) in [6.07, 6.45) is 5.05. The van der Waals surface area contributed by atoms with E-state index in [-0.39, 0.29) is 18.6 Å². The van der Waals surface area contributed by atoms with Crippen molar-refractivity contribution in [1.29, 1.82) is 0 Å². The molecule has 0 saturated carbocycles. The van der Waals surface area contributed by atoms with Crippen LogP contribution in [0.5, 0.6) is 0 Å². The lowest BCUT2D eigenvalue weighted by Gasteiger charge is -2.28. The van der Waals surface area contributed by atoms with Crippen molar-refractivity contribution in [3.05, 3.63) is 35.5 Å². The normalized spacial score (nSPS) is 18.6. The maximum absolute atomic E-state index is 12.7. The van der Waals surface area contributed by atoms with E-state index < -0.39 is 0 Å². The SMILES string of the molecule is CN(C(=O)COC1CCOCC1)c1ccc2cc(-c3n[nH]c4c3CCC(C)(C)C4)[nH]c2c1. The Hall–Kier alpha value is -2.64. The van der Waals surface area contributed by atoms with Gasteiger partial charge in [-0.15, -0.1) is 0 Å². The Morgan fingerprint density at radius 2 is 2.09 bits per heavy atom. The smallest absolute Gasteiger partial charge is 0.252 e. The highest BCUT2D eigenvalue weighted by molar-refractivity contribution is 5.97. The van der Waals surface area contributed by atoms with Crippen LogP contribution in [-0.2, 0) is 27.1 Å². The molecule has 3 heterocycles. The van der Waals surface area contributed by atoms with Crippen LogP contribution in [0.4, 0.5) is 5.69 Å². The monoisotopic (exact) mass is 436 g/mol. The van der Waals surface area contributed by atoms with E-state index >= 15 is 0 Å². The van der Waals surface area contributed by atoms with E-state index in [1.165, 1.54) is 17.7 Å². The number of hydrogen-bond donors (Lipinski definition) is 2. The molecule has 0 bridgehead atoms. The van der Waals surface area contributed by atoms with Crippen LogP contribution in [0, 0.1) is 5.41 Å². The lowest BCUT2D eigenvalue weighted by molar-refractivity contribution is -0.127. The number of carbonyl (C=O) groups excluding carboxylic acids is 1. The summed E-state index contributed by atoms with van der Waals surface area (Å²) >= 11 is 0. The standard InChI is InChI=1S/C25H32N4O3/c1-25(2)9-6-19-22(14-25)27-28-24(19)21-12-16-4-5-17(13-20(16)26-21)29(3)23(30)15-32-18-7-10-31-11-8-18/h4-5,12-13,18,26H,6-11,14-15H2,1-3H3,(H,27,28). The van der Waals surface area contributed by atoms with Crippen molar-refractivity contribution in [3.8, 4) is 11.4 Å². The summed E-state index contributed by atoms with van der Waals surface area (Å²) in [5.41, 5.74) is 6.78. The molecule has 2 aliphatic rings. The molecule has 0 radical (unpaired) electrons. The number of aromatic amines is 2. The van der Waals surface area contributed by atoms with Crippen molar-refractivity contribution in [2.45, 2.75) is 52.1 Å². The zero-order valence-corrected chi connectivity index (χ0v) is 19.2. The molecule has 7 nitrogen and oxygen atoms in total. The molecule has 170 valence electrons. The Bertz CT molecular complexity index is 1120. The van der Waals surface area contributed by atoms with Gasteiger partial charge >= 0.3 is 0 Å². The first-order valence-electron chi connectivity index (χ1n) is 11.5. The number of aromatic nitrogens is 3. The molecule has 0 unspecified atom stereocenters. The number of anilines is 1. The predicted octanol–water partition coefficient (Wildman–Crippen LogP) is 4.23. The van der Waals surface area contributed by atoms with Gasteiger partial charge in [0.15, 0.2) is 0 Å². The number of hydrogen-bond acceptors (Lipinski definition) is 4. The van der Waals surface area contributed by atoms with Crippen LogP contribution in [0.3, 0.4) is 0 Å². The van der Waals surface area contributed by atoms with Crippen LogP contribution in [0.2, 0.25) is 0 Å². The zero-order valence-electron chi connectivity index (χ0n) is 19.2. The van der Waals surface area contributed by atoms with Gasteiger partial charge in [-0.3, -0.25) is 9.89 Å². The number of nitrogens with one attached hydrogen (secondary N) is 2. The number of amides is 1. The molecule has 1 aromatic carbocycles. The second-order valence-corrected chi connectivity index (χ2v) is 9.90. The Morgan fingerprint density at radius 1 is 1.28 bits per heavy atom. The van der Waals surface area contributed by atoms with E-state index in [1.54, 1.807) is 11.9 Å². The van der Waals surface area contributed by atoms with Crippen molar-refractivity contribution >= 4 is 22.5 Å². The Balaban J connectivity index is 1.32. The van der Waals surface area contributed by atoms with E-state index in [9.17, 15) is 4.79 Å². The minimum atomic E-state index is -0.0494. The van der Waals surface area contributed by atoms with Gasteiger partial charge in [-0.25, -0.2) is 0 Å². The van der Waals surface area contributed by atoms with Crippen LogP contribution < -0.4 is 4.90 Å². The third kappa shape index (κ3) is 4.19. The molecule has 1 amide bonds. The van der Waals surface area contributed by atoms with Gasteiger partial charge in [-0.05, 0) is 55.7 Å².